The van der Waals surface area contributed by atoms with Gasteiger partial charge in [0.15, 0.2) is 0 Å². The molecule has 0 saturated carbocycles. The first kappa shape index (κ1) is 14.5. The Bertz CT molecular complexity index is 383. The van der Waals surface area contributed by atoms with Gasteiger partial charge in [-0.05, 0) is 13.8 Å². The van der Waals surface area contributed by atoms with Crippen LogP contribution in [0.3, 0.4) is 0 Å². The first-order valence-electron chi connectivity index (χ1n) is 7.19. The van der Waals surface area contributed by atoms with Gasteiger partial charge in [0, 0.05) is 64.2 Å². The van der Waals surface area contributed by atoms with Crippen molar-refractivity contribution in [1.29, 1.82) is 0 Å². The number of hydrogen-bond acceptors (Lipinski definition) is 4. The lowest BCUT2D eigenvalue weighted by Gasteiger charge is -2.34. The molecule has 0 bridgehead atoms. The molecule has 0 N–H and O–H groups in total. The van der Waals surface area contributed by atoms with E-state index in [4.69, 9.17) is 4.74 Å². The van der Waals surface area contributed by atoms with Crippen molar-refractivity contribution in [2.45, 2.75) is 26.9 Å². The van der Waals surface area contributed by atoms with Gasteiger partial charge in [0.1, 0.15) is 0 Å². The Labute approximate surface area is 116 Å². The first-order chi connectivity index (χ1) is 9.24. The van der Waals surface area contributed by atoms with E-state index in [1.807, 2.05) is 6.20 Å². The second-order valence-electron chi connectivity index (χ2n) is 5.18. The van der Waals surface area contributed by atoms with Crippen molar-refractivity contribution in [1.82, 2.24) is 19.6 Å². The van der Waals surface area contributed by atoms with Crippen molar-refractivity contribution in [2.24, 2.45) is 0 Å². The third-order valence-corrected chi connectivity index (χ3v) is 3.97. The maximum Gasteiger partial charge on any atom is 0.0589 e. The Morgan fingerprint density at radius 2 is 1.89 bits per heavy atom. The highest BCUT2D eigenvalue weighted by molar-refractivity contribution is 5.16. The minimum atomic E-state index is 0.836. The van der Waals surface area contributed by atoms with E-state index in [1.54, 1.807) is 7.11 Å². The van der Waals surface area contributed by atoms with Gasteiger partial charge < -0.3 is 4.74 Å². The number of hydrogen-bond donors (Lipinski definition) is 0. The summed E-state index contributed by atoms with van der Waals surface area (Å²) in [6.45, 7) is 12.7. The lowest BCUT2D eigenvalue weighted by molar-refractivity contribution is 0.0937. The molecule has 0 atom stereocenters. The summed E-state index contributed by atoms with van der Waals surface area (Å²) in [4.78, 5) is 5.00. The van der Waals surface area contributed by atoms with Crippen LogP contribution in [0.2, 0.25) is 0 Å². The van der Waals surface area contributed by atoms with Gasteiger partial charge in [0.2, 0.25) is 0 Å². The minimum absolute atomic E-state index is 0.836. The van der Waals surface area contributed by atoms with Crippen molar-refractivity contribution in [3.8, 4) is 0 Å². The van der Waals surface area contributed by atoms with E-state index in [0.717, 1.165) is 52.4 Å². The van der Waals surface area contributed by atoms with E-state index in [9.17, 15) is 0 Å². The quantitative estimate of drug-likeness (QED) is 0.768. The lowest BCUT2D eigenvalue weighted by atomic mass is 10.2. The third-order valence-electron chi connectivity index (χ3n) is 3.97. The van der Waals surface area contributed by atoms with Crippen LogP contribution in [-0.2, 0) is 17.8 Å². The van der Waals surface area contributed by atoms with Crippen LogP contribution in [0, 0.1) is 6.92 Å². The molecule has 2 heterocycles. The second kappa shape index (κ2) is 7.03. The molecular weight excluding hydrogens is 240 g/mol. The summed E-state index contributed by atoms with van der Waals surface area (Å²) in [5, 5.41) is 4.42. The van der Waals surface area contributed by atoms with Crippen LogP contribution in [0.5, 0.6) is 0 Å². The maximum atomic E-state index is 5.13. The van der Waals surface area contributed by atoms with E-state index >= 15 is 0 Å². The van der Waals surface area contributed by atoms with Gasteiger partial charge >= 0.3 is 0 Å². The summed E-state index contributed by atoms with van der Waals surface area (Å²) in [6.07, 6.45) is 2.02. The Hall–Kier alpha value is -0.910. The fourth-order valence-electron chi connectivity index (χ4n) is 2.59. The molecule has 0 unspecified atom stereocenters. The van der Waals surface area contributed by atoms with Crippen molar-refractivity contribution >= 4 is 0 Å². The Kier molecular flexibility index (Phi) is 5.36. The van der Waals surface area contributed by atoms with Crippen molar-refractivity contribution in [3.05, 3.63) is 17.5 Å². The zero-order valence-corrected chi connectivity index (χ0v) is 12.4. The number of piperazine rings is 1. The van der Waals surface area contributed by atoms with Crippen LogP contribution in [0.1, 0.15) is 18.2 Å². The summed E-state index contributed by atoms with van der Waals surface area (Å²) in [6, 6.07) is 0. The van der Waals surface area contributed by atoms with E-state index in [1.165, 1.54) is 11.3 Å². The monoisotopic (exact) mass is 266 g/mol. The number of ether oxygens (including phenoxy) is 1. The van der Waals surface area contributed by atoms with Gasteiger partial charge in [-0.1, -0.05) is 0 Å². The average Bonchev–Trinajstić information content (AvgIpc) is 2.79. The largest absolute Gasteiger partial charge is 0.383 e. The minimum Gasteiger partial charge on any atom is -0.383 e. The van der Waals surface area contributed by atoms with Crippen LogP contribution >= 0.6 is 0 Å². The average molecular weight is 266 g/mol. The summed E-state index contributed by atoms with van der Waals surface area (Å²) in [7, 11) is 1.77. The van der Waals surface area contributed by atoms with Gasteiger partial charge in [-0.3, -0.25) is 14.5 Å². The summed E-state index contributed by atoms with van der Waals surface area (Å²) >= 11 is 0. The van der Waals surface area contributed by atoms with Crippen LogP contribution < -0.4 is 0 Å². The molecule has 0 radical (unpaired) electrons. The molecular formula is C14H26N4O. The molecule has 0 spiro atoms. The summed E-state index contributed by atoms with van der Waals surface area (Å²) in [5.74, 6) is 0. The van der Waals surface area contributed by atoms with E-state index in [2.05, 4.69) is 33.4 Å². The van der Waals surface area contributed by atoms with Gasteiger partial charge in [0.05, 0.1) is 12.8 Å². The smallest absolute Gasteiger partial charge is 0.0589 e. The van der Waals surface area contributed by atoms with Gasteiger partial charge in [-0.25, -0.2) is 0 Å². The molecule has 19 heavy (non-hydrogen) atoms. The second-order valence-corrected chi connectivity index (χ2v) is 5.18. The molecule has 5 heteroatoms. The van der Waals surface area contributed by atoms with Crippen LogP contribution in [-0.4, -0.2) is 66.0 Å². The first-order valence-corrected chi connectivity index (χ1v) is 7.19. The molecule has 108 valence electrons. The Morgan fingerprint density at radius 3 is 2.47 bits per heavy atom. The van der Waals surface area contributed by atoms with E-state index in [0.29, 0.717) is 0 Å². The molecule has 1 aliphatic rings. The molecule has 0 amide bonds. The molecule has 1 aliphatic heterocycles. The molecule has 1 saturated heterocycles. The highest BCUT2D eigenvalue weighted by atomic mass is 16.5. The van der Waals surface area contributed by atoms with Gasteiger partial charge in [0.25, 0.3) is 0 Å². The number of rotatable bonds is 6. The SMILES string of the molecule is CCn1ncc(CN2CCN(CCOC)CC2)c1C. The molecule has 1 aromatic heterocycles. The molecule has 2 rings (SSSR count). The standard InChI is InChI=1S/C14H26N4O/c1-4-18-13(2)14(11-15-18)12-17-7-5-16(6-8-17)9-10-19-3/h11H,4-10,12H2,1-3H3. The normalized spacial score (nSPS) is 18.1. The summed E-state index contributed by atoms with van der Waals surface area (Å²) in [5.41, 5.74) is 2.68. The number of aromatic nitrogens is 2. The maximum absolute atomic E-state index is 5.13. The highest BCUT2D eigenvalue weighted by Crippen LogP contribution is 2.12. The molecule has 5 nitrogen and oxygen atoms in total. The third kappa shape index (κ3) is 3.78. The van der Waals surface area contributed by atoms with Gasteiger partial charge in [-0.2, -0.15) is 5.10 Å². The Balaban J connectivity index is 1.80. The topological polar surface area (TPSA) is 33.5 Å². The van der Waals surface area contributed by atoms with Crippen LogP contribution in [0.25, 0.3) is 0 Å². The predicted molar refractivity (Wildman–Crippen MR) is 76.2 cm³/mol. The molecule has 1 aromatic rings. The molecule has 1 fully saturated rings. The van der Waals surface area contributed by atoms with Crippen LogP contribution in [0.15, 0.2) is 6.20 Å². The van der Waals surface area contributed by atoms with Crippen molar-refractivity contribution in [2.75, 3.05) is 46.4 Å². The molecule has 0 aliphatic carbocycles. The predicted octanol–water partition coefficient (Wildman–Crippen LogP) is 0.975. The van der Waals surface area contributed by atoms with Crippen molar-refractivity contribution in [3.63, 3.8) is 0 Å². The Morgan fingerprint density at radius 1 is 1.21 bits per heavy atom. The highest BCUT2D eigenvalue weighted by Gasteiger charge is 2.18. The van der Waals surface area contributed by atoms with E-state index < -0.39 is 0 Å². The number of nitrogens with zero attached hydrogens (tertiary/aromatic N) is 4. The van der Waals surface area contributed by atoms with Gasteiger partial charge in [-0.15, -0.1) is 0 Å². The number of aryl methyl sites for hydroxylation is 1. The number of methoxy groups -OCH3 is 1. The zero-order chi connectivity index (χ0) is 13.7. The van der Waals surface area contributed by atoms with Crippen molar-refractivity contribution < 1.29 is 4.74 Å². The van der Waals surface area contributed by atoms with E-state index in [-0.39, 0.29) is 0 Å². The van der Waals surface area contributed by atoms with Crippen LogP contribution in [0.4, 0.5) is 0 Å². The molecule has 0 aromatic carbocycles. The fourth-order valence-corrected chi connectivity index (χ4v) is 2.59. The lowest BCUT2D eigenvalue weighted by Crippen LogP contribution is -2.46. The zero-order valence-electron chi connectivity index (χ0n) is 12.4. The summed E-state index contributed by atoms with van der Waals surface area (Å²) < 4.78 is 7.21. The fraction of sp³-hybridized carbons (Fsp3) is 0.786.